The van der Waals surface area contributed by atoms with Gasteiger partial charge in [-0.3, -0.25) is 4.79 Å². The van der Waals surface area contributed by atoms with Gasteiger partial charge in [-0.25, -0.2) is 0 Å². The number of nitrogens with zero attached hydrogens (tertiary/aromatic N) is 1. The Hall–Kier alpha value is -2.30. The fraction of sp³-hybridized carbons (Fsp3) is 0.444. The maximum Gasteiger partial charge on any atom is 0.225 e. The van der Waals surface area contributed by atoms with Crippen LogP contribution in [0, 0.1) is 5.41 Å². The van der Waals surface area contributed by atoms with Crippen molar-refractivity contribution in [2.75, 3.05) is 7.11 Å². The van der Waals surface area contributed by atoms with Gasteiger partial charge in [0.1, 0.15) is 7.11 Å². The second-order valence-corrected chi connectivity index (χ2v) is 7.13. The molecule has 1 atom stereocenters. The monoisotopic (exact) mass is 313 g/mol. The van der Waals surface area contributed by atoms with Crippen molar-refractivity contribution >= 4 is 23.0 Å². The van der Waals surface area contributed by atoms with Gasteiger partial charge in [0, 0.05) is 34.5 Å². The molecule has 1 amide bonds. The predicted octanol–water partition coefficient (Wildman–Crippen LogP) is 2.78. The Morgan fingerprint density at radius 1 is 1.39 bits per heavy atom. The summed E-state index contributed by atoms with van der Waals surface area (Å²) < 4.78 is 0. The van der Waals surface area contributed by atoms with Crippen LogP contribution in [0.1, 0.15) is 37.6 Å². The number of benzene rings is 1. The first-order valence-corrected chi connectivity index (χ1v) is 7.89. The minimum Gasteiger partial charge on any atom is -0.399 e. The van der Waals surface area contributed by atoms with Crippen LogP contribution in [0.4, 0.5) is 0 Å². The fourth-order valence-electron chi connectivity index (χ4n) is 2.99. The van der Waals surface area contributed by atoms with E-state index in [2.05, 4.69) is 27.6 Å². The standard InChI is InChI=1S/C18H23N3O2/c1-18(2,3)17(22)20-12-8-14-13-7-11(10-19-23-4)5-6-15(13)21-16(14)9-12/h5-7,10,12,21H,8-9H2,1-4H3,(H,20,22)/t12-/m1/s1. The first-order valence-electron chi connectivity index (χ1n) is 7.89. The summed E-state index contributed by atoms with van der Waals surface area (Å²) in [4.78, 5) is 20.4. The lowest BCUT2D eigenvalue weighted by Gasteiger charge is -2.21. The highest BCUT2D eigenvalue weighted by Crippen LogP contribution is 2.31. The summed E-state index contributed by atoms with van der Waals surface area (Å²) in [5.74, 6) is 0.102. The van der Waals surface area contributed by atoms with Gasteiger partial charge in [0.05, 0.1) is 6.21 Å². The van der Waals surface area contributed by atoms with Gasteiger partial charge in [-0.05, 0) is 29.7 Å². The van der Waals surface area contributed by atoms with E-state index < -0.39 is 0 Å². The second kappa shape index (κ2) is 5.72. The molecule has 2 aromatic rings. The van der Waals surface area contributed by atoms with E-state index in [1.165, 1.54) is 23.8 Å². The summed E-state index contributed by atoms with van der Waals surface area (Å²) in [6.45, 7) is 5.81. The third-order valence-electron chi connectivity index (χ3n) is 4.24. The molecule has 0 saturated carbocycles. The molecule has 1 aromatic carbocycles. The lowest BCUT2D eigenvalue weighted by Crippen LogP contribution is -2.42. The quantitative estimate of drug-likeness (QED) is 0.676. The third kappa shape index (κ3) is 3.09. The number of hydrogen-bond acceptors (Lipinski definition) is 3. The van der Waals surface area contributed by atoms with E-state index in [9.17, 15) is 4.79 Å². The summed E-state index contributed by atoms with van der Waals surface area (Å²) >= 11 is 0. The lowest BCUT2D eigenvalue weighted by molar-refractivity contribution is -0.129. The number of fused-ring (bicyclic) bond motifs is 3. The first-order chi connectivity index (χ1) is 10.9. The molecule has 0 unspecified atom stereocenters. The normalized spacial score (nSPS) is 17.7. The topological polar surface area (TPSA) is 66.5 Å². The van der Waals surface area contributed by atoms with E-state index >= 15 is 0 Å². The first kappa shape index (κ1) is 15.6. The number of oxime groups is 1. The van der Waals surface area contributed by atoms with E-state index in [1.54, 1.807) is 6.21 Å². The van der Waals surface area contributed by atoms with Gasteiger partial charge >= 0.3 is 0 Å². The minimum absolute atomic E-state index is 0.102. The van der Waals surface area contributed by atoms with Crippen molar-refractivity contribution in [2.24, 2.45) is 10.6 Å². The van der Waals surface area contributed by atoms with Crippen LogP contribution in [0.25, 0.3) is 10.9 Å². The number of amides is 1. The Morgan fingerprint density at radius 3 is 2.87 bits per heavy atom. The van der Waals surface area contributed by atoms with Crippen molar-refractivity contribution in [3.8, 4) is 0 Å². The molecule has 0 fully saturated rings. The zero-order chi connectivity index (χ0) is 16.6. The van der Waals surface area contributed by atoms with Crippen LogP contribution in [0.5, 0.6) is 0 Å². The van der Waals surface area contributed by atoms with Crippen LogP contribution in [-0.2, 0) is 22.5 Å². The average Bonchev–Trinajstić information content (AvgIpc) is 3.01. The van der Waals surface area contributed by atoms with E-state index in [4.69, 9.17) is 4.84 Å². The second-order valence-electron chi connectivity index (χ2n) is 7.13. The number of carbonyl (C=O) groups excluding carboxylic acids is 1. The van der Waals surface area contributed by atoms with Crippen molar-refractivity contribution in [1.82, 2.24) is 10.3 Å². The number of hydrogen-bond donors (Lipinski definition) is 2. The number of H-pyrrole nitrogens is 1. The van der Waals surface area contributed by atoms with Crippen molar-refractivity contribution < 1.29 is 9.63 Å². The average molecular weight is 313 g/mol. The van der Waals surface area contributed by atoms with Crippen LogP contribution in [0.3, 0.4) is 0 Å². The van der Waals surface area contributed by atoms with E-state index in [0.717, 1.165) is 23.9 Å². The van der Waals surface area contributed by atoms with Gasteiger partial charge < -0.3 is 15.1 Å². The highest BCUT2D eigenvalue weighted by atomic mass is 16.6. The van der Waals surface area contributed by atoms with Gasteiger partial charge in [0.2, 0.25) is 5.91 Å². The van der Waals surface area contributed by atoms with Crippen LogP contribution in [0.15, 0.2) is 23.4 Å². The lowest BCUT2D eigenvalue weighted by atomic mass is 9.95. The zero-order valence-electron chi connectivity index (χ0n) is 14.1. The Morgan fingerprint density at radius 2 is 2.17 bits per heavy atom. The maximum absolute atomic E-state index is 12.2. The van der Waals surface area contributed by atoms with Gasteiger partial charge in [0.25, 0.3) is 0 Å². The van der Waals surface area contributed by atoms with E-state index in [-0.39, 0.29) is 17.4 Å². The number of carbonyl (C=O) groups is 1. The number of rotatable bonds is 3. The molecule has 3 rings (SSSR count). The summed E-state index contributed by atoms with van der Waals surface area (Å²) in [6, 6.07) is 6.35. The summed E-state index contributed by atoms with van der Waals surface area (Å²) in [7, 11) is 1.53. The number of aromatic nitrogens is 1. The third-order valence-corrected chi connectivity index (χ3v) is 4.24. The summed E-state index contributed by atoms with van der Waals surface area (Å²) in [5, 5.41) is 8.18. The Balaban J connectivity index is 1.82. The van der Waals surface area contributed by atoms with Crippen LogP contribution < -0.4 is 5.32 Å². The van der Waals surface area contributed by atoms with Gasteiger partial charge in [0.15, 0.2) is 0 Å². The van der Waals surface area contributed by atoms with Crippen LogP contribution >= 0.6 is 0 Å². The Labute approximate surface area is 136 Å². The van der Waals surface area contributed by atoms with Crippen LogP contribution in [-0.4, -0.2) is 30.3 Å². The number of nitrogens with one attached hydrogen (secondary N) is 2. The molecular formula is C18H23N3O2. The molecule has 1 aromatic heterocycles. The SMILES string of the molecule is CON=Cc1ccc2[nH]c3c(c2c1)C[C@@H](NC(=O)C(C)(C)C)C3. The molecule has 1 aliphatic rings. The maximum atomic E-state index is 12.2. The fourth-order valence-corrected chi connectivity index (χ4v) is 2.99. The van der Waals surface area contributed by atoms with Gasteiger partial charge in [-0.15, -0.1) is 0 Å². The molecule has 0 bridgehead atoms. The molecule has 122 valence electrons. The van der Waals surface area contributed by atoms with Crippen LogP contribution in [0.2, 0.25) is 0 Å². The van der Waals surface area contributed by atoms with Gasteiger partial charge in [-0.2, -0.15) is 0 Å². The molecule has 0 saturated heterocycles. The molecule has 1 heterocycles. The minimum atomic E-state index is -0.359. The van der Waals surface area contributed by atoms with Crippen molar-refractivity contribution in [3.05, 3.63) is 35.0 Å². The van der Waals surface area contributed by atoms with Crippen molar-refractivity contribution in [2.45, 2.75) is 39.7 Å². The van der Waals surface area contributed by atoms with Crippen molar-refractivity contribution in [1.29, 1.82) is 0 Å². The molecule has 0 spiro atoms. The molecule has 23 heavy (non-hydrogen) atoms. The molecule has 5 heteroatoms. The highest BCUT2D eigenvalue weighted by Gasteiger charge is 2.30. The molecule has 0 aliphatic heterocycles. The smallest absolute Gasteiger partial charge is 0.225 e. The Kier molecular flexibility index (Phi) is 3.88. The molecule has 5 nitrogen and oxygen atoms in total. The predicted molar refractivity (Wildman–Crippen MR) is 91.7 cm³/mol. The molecule has 0 radical (unpaired) electrons. The number of aromatic amines is 1. The summed E-state index contributed by atoms with van der Waals surface area (Å²) in [5.41, 5.74) is 4.29. The zero-order valence-corrected chi connectivity index (χ0v) is 14.1. The van der Waals surface area contributed by atoms with E-state index in [1.807, 2.05) is 26.8 Å². The van der Waals surface area contributed by atoms with Crippen molar-refractivity contribution in [3.63, 3.8) is 0 Å². The molecular weight excluding hydrogens is 290 g/mol. The molecule has 1 aliphatic carbocycles. The van der Waals surface area contributed by atoms with Gasteiger partial charge in [-0.1, -0.05) is 32.0 Å². The highest BCUT2D eigenvalue weighted by molar-refractivity contribution is 5.92. The Bertz CT molecular complexity index is 768. The summed E-state index contributed by atoms with van der Waals surface area (Å²) in [6.07, 6.45) is 3.42. The van der Waals surface area contributed by atoms with E-state index in [0.29, 0.717) is 0 Å². The molecule has 2 N–H and O–H groups in total. The largest absolute Gasteiger partial charge is 0.399 e.